The number of thioether (sulfide) groups is 1. The number of amides is 1. The fourth-order valence-electron chi connectivity index (χ4n) is 1.72. The molecule has 18 heavy (non-hydrogen) atoms. The zero-order valence-corrected chi connectivity index (χ0v) is 11.2. The molecule has 4 nitrogen and oxygen atoms in total. The summed E-state index contributed by atoms with van der Waals surface area (Å²) >= 11 is 1.55. The number of carbonyl (C=O) groups is 1. The lowest BCUT2D eigenvalue weighted by atomic mass is 10.3. The third-order valence-electron chi connectivity index (χ3n) is 2.79. The fourth-order valence-corrected chi connectivity index (χ4v) is 2.52. The van der Waals surface area contributed by atoms with Gasteiger partial charge in [-0.25, -0.2) is 0 Å². The largest absolute Gasteiger partial charge is 0.497 e. The van der Waals surface area contributed by atoms with Gasteiger partial charge in [-0.1, -0.05) is 0 Å². The molecule has 0 bridgehead atoms. The molecule has 1 aliphatic rings. The molecule has 1 aromatic rings. The number of nitrogens with zero attached hydrogens (tertiary/aromatic N) is 1. The van der Waals surface area contributed by atoms with E-state index in [2.05, 4.69) is 0 Å². The molecule has 1 saturated heterocycles. The van der Waals surface area contributed by atoms with Gasteiger partial charge in [0, 0.05) is 18.0 Å². The Labute approximate surface area is 111 Å². The first kappa shape index (κ1) is 13.2. The van der Waals surface area contributed by atoms with E-state index in [1.165, 1.54) is 0 Å². The standard InChI is InChI=1S/C13H17NO3S/c1-16-11-2-4-12(5-3-11)18-10-13(15)14-6-8-17-9-7-14/h2-5H,6-10H2,1H3. The predicted octanol–water partition coefficient (Wildman–Crippen LogP) is 1.65. The van der Waals surface area contributed by atoms with E-state index in [0.29, 0.717) is 32.1 Å². The first-order chi connectivity index (χ1) is 8.79. The minimum absolute atomic E-state index is 0.180. The van der Waals surface area contributed by atoms with E-state index in [1.807, 2.05) is 29.2 Å². The maximum absolute atomic E-state index is 11.9. The number of carbonyl (C=O) groups excluding carboxylic acids is 1. The van der Waals surface area contributed by atoms with Crippen LogP contribution in [0.3, 0.4) is 0 Å². The van der Waals surface area contributed by atoms with Gasteiger partial charge in [0.1, 0.15) is 5.75 Å². The number of benzene rings is 1. The second-order valence-corrected chi connectivity index (χ2v) is 5.01. The van der Waals surface area contributed by atoms with Gasteiger partial charge in [0.2, 0.25) is 5.91 Å². The van der Waals surface area contributed by atoms with Crippen molar-refractivity contribution in [1.29, 1.82) is 0 Å². The third-order valence-corrected chi connectivity index (χ3v) is 3.78. The summed E-state index contributed by atoms with van der Waals surface area (Å²) in [5, 5.41) is 0. The first-order valence-electron chi connectivity index (χ1n) is 5.92. The molecule has 1 fully saturated rings. The van der Waals surface area contributed by atoms with Crippen molar-refractivity contribution >= 4 is 17.7 Å². The van der Waals surface area contributed by atoms with Crippen molar-refractivity contribution in [3.63, 3.8) is 0 Å². The average molecular weight is 267 g/mol. The summed E-state index contributed by atoms with van der Waals surface area (Å²) in [5.74, 6) is 1.49. The molecule has 0 N–H and O–H groups in total. The van der Waals surface area contributed by atoms with Crippen LogP contribution < -0.4 is 4.74 Å². The summed E-state index contributed by atoms with van der Waals surface area (Å²) in [6, 6.07) is 7.75. The molecule has 0 saturated carbocycles. The van der Waals surface area contributed by atoms with Crippen LogP contribution >= 0.6 is 11.8 Å². The number of ether oxygens (including phenoxy) is 2. The highest BCUT2D eigenvalue weighted by atomic mass is 32.2. The summed E-state index contributed by atoms with van der Waals surface area (Å²) in [6.45, 7) is 2.72. The number of hydrogen-bond donors (Lipinski definition) is 0. The molecule has 0 radical (unpaired) electrons. The molecule has 0 aromatic heterocycles. The zero-order chi connectivity index (χ0) is 12.8. The molecule has 0 unspecified atom stereocenters. The van der Waals surface area contributed by atoms with Crippen LogP contribution in [-0.4, -0.2) is 50.0 Å². The Bertz CT molecular complexity index is 388. The van der Waals surface area contributed by atoms with Crippen LogP contribution in [0.2, 0.25) is 0 Å². The lowest BCUT2D eigenvalue weighted by molar-refractivity contribution is -0.132. The Morgan fingerprint density at radius 1 is 1.33 bits per heavy atom. The Balaban J connectivity index is 1.80. The van der Waals surface area contributed by atoms with Crippen molar-refractivity contribution in [2.75, 3.05) is 39.2 Å². The SMILES string of the molecule is COc1ccc(SCC(=O)N2CCOCC2)cc1. The average Bonchev–Trinajstić information content (AvgIpc) is 2.46. The van der Waals surface area contributed by atoms with Crippen LogP contribution in [0.15, 0.2) is 29.2 Å². The summed E-state index contributed by atoms with van der Waals surface area (Å²) in [7, 11) is 1.64. The van der Waals surface area contributed by atoms with Gasteiger partial charge in [-0.15, -0.1) is 11.8 Å². The van der Waals surface area contributed by atoms with Crippen LogP contribution in [0.4, 0.5) is 0 Å². The molecule has 1 aliphatic heterocycles. The van der Waals surface area contributed by atoms with Crippen molar-refractivity contribution in [2.24, 2.45) is 0 Å². The van der Waals surface area contributed by atoms with Gasteiger partial charge in [0.05, 0.1) is 26.1 Å². The van der Waals surface area contributed by atoms with E-state index in [1.54, 1.807) is 18.9 Å². The van der Waals surface area contributed by atoms with Gasteiger partial charge < -0.3 is 14.4 Å². The topological polar surface area (TPSA) is 38.8 Å². The maximum Gasteiger partial charge on any atom is 0.233 e. The highest BCUT2D eigenvalue weighted by Gasteiger charge is 2.16. The number of methoxy groups -OCH3 is 1. The van der Waals surface area contributed by atoms with Crippen molar-refractivity contribution in [2.45, 2.75) is 4.90 Å². The van der Waals surface area contributed by atoms with Gasteiger partial charge in [-0.2, -0.15) is 0 Å². The summed E-state index contributed by atoms with van der Waals surface area (Å²) in [6.07, 6.45) is 0. The molecule has 98 valence electrons. The fraction of sp³-hybridized carbons (Fsp3) is 0.462. The third kappa shape index (κ3) is 3.65. The molecular formula is C13H17NO3S. The number of rotatable bonds is 4. The minimum Gasteiger partial charge on any atom is -0.497 e. The molecule has 5 heteroatoms. The summed E-state index contributed by atoms with van der Waals surface area (Å²) in [4.78, 5) is 14.9. The molecule has 0 atom stereocenters. The van der Waals surface area contributed by atoms with Crippen molar-refractivity contribution in [1.82, 2.24) is 4.90 Å². The van der Waals surface area contributed by atoms with Gasteiger partial charge >= 0.3 is 0 Å². The second kappa shape index (κ2) is 6.66. The van der Waals surface area contributed by atoms with Crippen LogP contribution in [0.1, 0.15) is 0 Å². The number of hydrogen-bond acceptors (Lipinski definition) is 4. The molecule has 1 amide bonds. The van der Waals surface area contributed by atoms with Gasteiger partial charge in [0.15, 0.2) is 0 Å². The minimum atomic E-state index is 0.180. The molecule has 0 spiro atoms. The Morgan fingerprint density at radius 3 is 2.61 bits per heavy atom. The van der Waals surface area contributed by atoms with E-state index in [9.17, 15) is 4.79 Å². The predicted molar refractivity (Wildman–Crippen MR) is 71.1 cm³/mol. The van der Waals surface area contributed by atoms with Crippen LogP contribution in [-0.2, 0) is 9.53 Å². The van der Waals surface area contributed by atoms with E-state index in [0.717, 1.165) is 10.6 Å². The maximum atomic E-state index is 11.9. The highest BCUT2D eigenvalue weighted by molar-refractivity contribution is 8.00. The molecule has 2 rings (SSSR count). The molecular weight excluding hydrogens is 250 g/mol. The second-order valence-electron chi connectivity index (χ2n) is 3.96. The van der Waals surface area contributed by atoms with E-state index in [4.69, 9.17) is 9.47 Å². The quantitative estimate of drug-likeness (QED) is 0.778. The Kier molecular flexibility index (Phi) is 4.90. The number of morpholine rings is 1. The smallest absolute Gasteiger partial charge is 0.233 e. The van der Waals surface area contributed by atoms with Crippen LogP contribution in [0.5, 0.6) is 5.75 Å². The van der Waals surface area contributed by atoms with Crippen LogP contribution in [0.25, 0.3) is 0 Å². The highest BCUT2D eigenvalue weighted by Crippen LogP contribution is 2.21. The van der Waals surface area contributed by atoms with Crippen molar-refractivity contribution in [3.8, 4) is 5.75 Å². The van der Waals surface area contributed by atoms with E-state index >= 15 is 0 Å². The van der Waals surface area contributed by atoms with Crippen LogP contribution in [0, 0.1) is 0 Å². The Hall–Kier alpha value is -1.20. The summed E-state index contributed by atoms with van der Waals surface area (Å²) < 4.78 is 10.3. The monoisotopic (exact) mass is 267 g/mol. The molecule has 0 aliphatic carbocycles. The summed E-state index contributed by atoms with van der Waals surface area (Å²) in [5.41, 5.74) is 0. The molecule has 1 heterocycles. The van der Waals surface area contributed by atoms with E-state index < -0.39 is 0 Å². The normalized spacial score (nSPS) is 15.5. The first-order valence-corrected chi connectivity index (χ1v) is 6.90. The lowest BCUT2D eigenvalue weighted by Gasteiger charge is -2.26. The van der Waals surface area contributed by atoms with Crippen molar-refractivity contribution < 1.29 is 14.3 Å². The lowest BCUT2D eigenvalue weighted by Crippen LogP contribution is -2.41. The Morgan fingerprint density at radius 2 is 2.00 bits per heavy atom. The molecule has 1 aromatic carbocycles. The van der Waals surface area contributed by atoms with Crippen molar-refractivity contribution in [3.05, 3.63) is 24.3 Å². The van der Waals surface area contributed by atoms with Gasteiger partial charge in [-0.3, -0.25) is 4.79 Å². The van der Waals surface area contributed by atoms with Gasteiger partial charge in [-0.05, 0) is 24.3 Å². The zero-order valence-electron chi connectivity index (χ0n) is 10.4. The van der Waals surface area contributed by atoms with Gasteiger partial charge in [0.25, 0.3) is 0 Å². The van der Waals surface area contributed by atoms with E-state index in [-0.39, 0.29) is 5.91 Å².